The van der Waals surface area contributed by atoms with E-state index in [2.05, 4.69) is 31.7 Å². The van der Waals surface area contributed by atoms with Crippen LogP contribution < -0.4 is 0 Å². The zero-order valence-electron chi connectivity index (χ0n) is 5.47. The molecule has 2 heteroatoms. The van der Waals surface area contributed by atoms with Crippen LogP contribution in [0.3, 0.4) is 0 Å². The third-order valence-electron chi connectivity index (χ3n) is 1.72. The molecule has 9 heavy (non-hydrogen) atoms. The van der Waals surface area contributed by atoms with Crippen molar-refractivity contribution in [3.8, 4) is 0 Å². The predicted octanol–water partition coefficient (Wildman–Crippen LogP) is 2.63. The van der Waals surface area contributed by atoms with Crippen LogP contribution in [-0.2, 0) is 0 Å². The summed E-state index contributed by atoms with van der Waals surface area (Å²) in [5, 5.41) is 0.200. The van der Waals surface area contributed by atoms with E-state index in [1.807, 2.05) is 0 Å². The normalized spacial score (nSPS) is 43.2. The summed E-state index contributed by atoms with van der Waals surface area (Å²) in [4.78, 5) is 0. The Morgan fingerprint density at radius 1 is 1.67 bits per heavy atom. The van der Waals surface area contributed by atoms with Gasteiger partial charge in [-0.1, -0.05) is 12.2 Å². The van der Waals surface area contributed by atoms with Crippen molar-refractivity contribution in [3.63, 3.8) is 0 Å². The zero-order chi connectivity index (χ0) is 6.91. The largest absolute Gasteiger partial charge is 0.171 e. The summed E-state index contributed by atoms with van der Waals surface area (Å²) >= 11 is 10.4. The lowest BCUT2D eigenvalue weighted by atomic mass is 9.95. The fourth-order valence-corrected chi connectivity index (χ4v) is 1.32. The molecule has 0 aromatic rings. The van der Waals surface area contributed by atoms with Crippen molar-refractivity contribution in [2.24, 2.45) is 0 Å². The Morgan fingerprint density at radius 3 is 2.67 bits per heavy atom. The maximum atomic E-state index is 5.98. The number of thiol groups is 1. The highest BCUT2D eigenvalue weighted by atomic mass is 35.5. The smallest absolute Gasteiger partial charge is 0.0515 e. The first kappa shape index (κ1) is 7.49. The van der Waals surface area contributed by atoms with Crippen LogP contribution in [0.4, 0.5) is 0 Å². The molecule has 1 aliphatic rings. The Hall–Kier alpha value is 0.380. The van der Waals surface area contributed by atoms with Gasteiger partial charge >= 0.3 is 0 Å². The van der Waals surface area contributed by atoms with Crippen molar-refractivity contribution < 1.29 is 0 Å². The van der Waals surface area contributed by atoms with Crippen molar-refractivity contribution in [2.75, 3.05) is 0 Å². The molecule has 1 aliphatic carbocycles. The summed E-state index contributed by atoms with van der Waals surface area (Å²) in [7, 11) is 0. The van der Waals surface area contributed by atoms with Crippen LogP contribution in [0.1, 0.15) is 19.8 Å². The van der Waals surface area contributed by atoms with E-state index in [4.69, 9.17) is 11.6 Å². The van der Waals surface area contributed by atoms with E-state index in [0.29, 0.717) is 0 Å². The van der Waals surface area contributed by atoms with E-state index >= 15 is 0 Å². The summed E-state index contributed by atoms with van der Waals surface area (Å²) in [6.07, 6.45) is 6.22. The van der Waals surface area contributed by atoms with E-state index in [1.165, 1.54) is 0 Å². The molecule has 0 fully saturated rings. The average molecular weight is 163 g/mol. The quantitative estimate of drug-likeness (QED) is 0.316. The number of hydrogen-bond acceptors (Lipinski definition) is 1. The maximum Gasteiger partial charge on any atom is 0.0515 e. The summed E-state index contributed by atoms with van der Waals surface area (Å²) in [6.45, 7) is 2.08. The third-order valence-corrected chi connectivity index (χ3v) is 3.02. The molecule has 0 aromatic carbocycles. The minimum Gasteiger partial charge on any atom is -0.171 e. The van der Waals surface area contributed by atoms with Crippen LogP contribution >= 0.6 is 24.2 Å². The molecule has 0 spiro atoms. The molecule has 0 N–H and O–H groups in total. The molecule has 0 aliphatic heterocycles. The highest BCUT2D eigenvalue weighted by Crippen LogP contribution is 2.33. The van der Waals surface area contributed by atoms with Crippen molar-refractivity contribution in [1.29, 1.82) is 0 Å². The molecule has 0 nitrogen and oxygen atoms in total. The third kappa shape index (κ3) is 1.65. The first-order valence-electron chi connectivity index (χ1n) is 3.14. The Kier molecular flexibility index (Phi) is 2.12. The van der Waals surface area contributed by atoms with Gasteiger partial charge in [0.25, 0.3) is 0 Å². The number of hydrogen-bond donors (Lipinski definition) is 1. The van der Waals surface area contributed by atoms with Crippen molar-refractivity contribution in [2.45, 2.75) is 29.9 Å². The molecular formula is C7H11ClS. The molecule has 1 rings (SSSR count). The molecule has 52 valence electrons. The van der Waals surface area contributed by atoms with Gasteiger partial charge in [0.2, 0.25) is 0 Å². The zero-order valence-corrected chi connectivity index (χ0v) is 7.12. The second-order valence-corrected chi connectivity index (χ2v) is 4.28. The van der Waals surface area contributed by atoms with Gasteiger partial charge in [0, 0.05) is 4.75 Å². The molecule has 0 amide bonds. The van der Waals surface area contributed by atoms with Gasteiger partial charge in [0.15, 0.2) is 0 Å². The van der Waals surface area contributed by atoms with Crippen LogP contribution in [0, 0.1) is 0 Å². The summed E-state index contributed by atoms with van der Waals surface area (Å²) in [5.41, 5.74) is 0. The van der Waals surface area contributed by atoms with E-state index in [1.54, 1.807) is 0 Å². The minimum absolute atomic E-state index is 0.0102. The van der Waals surface area contributed by atoms with Crippen LogP contribution in [0.5, 0.6) is 0 Å². The first-order valence-corrected chi connectivity index (χ1v) is 4.03. The monoisotopic (exact) mass is 162 g/mol. The molecular weight excluding hydrogens is 152 g/mol. The number of alkyl halides is 1. The van der Waals surface area contributed by atoms with Gasteiger partial charge in [-0.2, -0.15) is 12.6 Å². The summed E-state index contributed by atoms with van der Waals surface area (Å²) in [5.74, 6) is 0. The Bertz CT molecular complexity index is 129. The van der Waals surface area contributed by atoms with E-state index < -0.39 is 0 Å². The lowest BCUT2D eigenvalue weighted by Gasteiger charge is -2.29. The van der Waals surface area contributed by atoms with E-state index in [9.17, 15) is 0 Å². The molecule has 0 aromatic heterocycles. The first-order chi connectivity index (χ1) is 4.13. The highest BCUT2D eigenvalue weighted by Gasteiger charge is 2.28. The fraction of sp³-hybridized carbons (Fsp3) is 0.714. The van der Waals surface area contributed by atoms with Crippen molar-refractivity contribution in [1.82, 2.24) is 0 Å². The molecule has 0 bridgehead atoms. The van der Waals surface area contributed by atoms with Gasteiger partial charge in [-0.15, -0.1) is 11.6 Å². The molecule has 0 radical (unpaired) electrons. The topological polar surface area (TPSA) is 0 Å². The van der Waals surface area contributed by atoms with Gasteiger partial charge in [-0.05, 0) is 19.8 Å². The predicted molar refractivity (Wildman–Crippen MR) is 45.4 cm³/mol. The molecule has 0 heterocycles. The van der Waals surface area contributed by atoms with Crippen LogP contribution in [0.15, 0.2) is 12.2 Å². The van der Waals surface area contributed by atoms with Gasteiger partial charge < -0.3 is 0 Å². The van der Waals surface area contributed by atoms with Crippen molar-refractivity contribution >= 4 is 24.2 Å². The number of rotatable bonds is 0. The van der Waals surface area contributed by atoms with Gasteiger partial charge in [0.1, 0.15) is 0 Å². The van der Waals surface area contributed by atoms with Gasteiger partial charge in [-0.3, -0.25) is 0 Å². The van der Waals surface area contributed by atoms with Crippen LogP contribution in [-0.4, -0.2) is 10.1 Å². The SMILES string of the molecule is CC1(S)CC=CCC1Cl. The molecule has 0 saturated carbocycles. The summed E-state index contributed by atoms with van der Waals surface area (Å²) < 4.78 is 0.0102. The van der Waals surface area contributed by atoms with Crippen LogP contribution in [0.2, 0.25) is 0 Å². The fourth-order valence-electron chi connectivity index (χ4n) is 0.919. The second-order valence-electron chi connectivity index (χ2n) is 2.74. The summed E-state index contributed by atoms with van der Waals surface area (Å²) in [6, 6.07) is 0. The van der Waals surface area contributed by atoms with Gasteiger partial charge in [-0.25, -0.2) is 0 Å². The Morgan fingerprint density at radius 2 is 2.33 bits per heavy atom. The Labute approximate surface area is 66.7 Å². The lowest BCUT2D eigenvalue weighted by molar-refractivity contribution is 0.592. The van der Waals surface area contributed by atoms with E-state index in [0.717, 1.165) is 12.8 Å². The van der Waals surface area contributed by atoms with Crippen LogP contribution in [0.25, 0.3) is 0 Å². The number of allylic oxidation sites excluding steroid dienone is 2. The molecule has 2 atom stereocenters. The maximum absolute atomic E-state index is 5.98. The Balaban J connectivity index is 2.64. The minimum atomic E-state index is 0.0102. The standard InChI is InChI=1S/C7H11ClS/c1-7(9)5-3-2-4-6(7)8/h2-3,6,9H,4-5H2,1H3. The second kappa shape index (κ2) is 2.55. The average Bonchev–Trinajstić information content (AvgIpc) is 1.77. The molecule has 2 unspecified atom stereocenters. The van der Waals surface area contributed by atoms with E-state index in [-0.39, 0.29) is 10.1 Å². The molecule has 0 saturated heterocycles. The number of halogens is 1. The highest BCUT2D eigenvalue weighted by molar-refractivity contribution is 7.82. The lowest BCUT2D eigenvalue weighted by Crippen LogP contribution is -2.30. The van der Waals surface area contributed by atoms with Crippen molar-refractivity contribution in [3.05, 3.63) is 12.2 Å². The van der Waals surface area contributed by atoms with Gasteiger partial charge in [0.05, 0.1) is 5.38 Å².